The molecule has 0 atom stereocenters. The molecular formula is C20H26N2O6S2. The van der Waals surface area contributed by atoms with Gasteiger partial charge < -0.3 is 4.18 Å². The summed E-state index contributed by atoms with van der Waals surface area (Å²) in [7, 11) is -3.79. The SMILES string of the molecule is CCn1ncc(C(=O)c2cc(C)c3c(c2C)C(C)(C)CCS3)c1OS(C)(=O)=O.O=O. The van der Waals surface area contributed by atoms with Crippen molar-refractivity contribution in [3.63, 3.8) is 0 Å². The van der Waals surface area contributed by atoms with Crippen molar-refractivity contribution in [1.29, 1.82) is 0 Å². The average Bonchev–Trinajstić information content (AvgIpc) is 3.05. The molecule has 0 amide bonds. The van der Waals surface area contributed by atoms with Crippen molar-refractivity contribution in [1.82, 2.24) is 9.78 Å². The number of carbonyl (C=O) groups excluding carboxylic acids is 1. The monoisotopic (exact) mass is 454 g/mol. The van der Waals surface area contributed by atoms with Gasteiger partial charge in [0.15, 0.2) is 5.78 Å². The number of carbonyl (C=O) groups is 1. The minimum Gasteiger partial charge on any atom is -0.361 e. The first kappa shape index (κ1) is 24.1. The molecule has 0 saturated heterocycles. The van der Waals surface area contributed by atoms with Crippen LogP contribution in [-0.2, 0) is 22.1 Å². The molecule has 164 valence electrons. The summed E-state index contributed by atoms with van der Waals surface area (Å²) in [6.07, 6.45) is 3.39. The quantitative estimate of drug-likeness (QED) is 0.493. The van der Waals surface area contributed by atoms with E-state index in [1.807, 2.05) is 38.6 Å². The third kappa shape index (κ3) is 4.59. The molecule has 1 aromatic heterocycles. The molecule has 3 rings (SSSR count). The van der Waals surface area contributed by atoms with Gasteiger partial charge in [0.25, 0.3) is 0 Å². The Balaban J connectivity index is 0.00000155. The Labute approximate surface area is 180 Å². The molecule has 2 heterocycles. The van der Waals surface area contributed by atoms with Gasteiger partial charge in [-0.15, -0.1) is 11.8 Å². The van der Waals surface area contributed by atoms with Crippen LogP contribution in [-0.4, -0.2) is 36.0 Å². The van der Waals surface area contributed by atoms with E-state index in [9.17, 15) is 13.2 Å². The van der Waals surface area contributed by atoms with Crippen molar-refractivity contribution < 1.29 is 17.4 Å². The maximum atomic E-state index is 13.4. The lowest BCUT2D eigenvalue weighted by Crippen LogP contribution is -2.26. The van der Waals surface area contributed by atoms with Gasteiger partial charge in [0.05, 0.1) is 12.5 Å². The zero-order valence-corrected chi connectivity index (χ0v) is 19.6. The lowest BCUT2D eigenvalue weighted by molar-refractivity contribution is 0.103. The van der Waals surface area contributed by atoms with Crippen molar-refractivity contribution >= 4 is 27.7 Å². The standard InChI is InChI=1S/C20H26N2O4S2.O2/c1-7-22-19(26-28(6,24)25)15(11-21-22)17(23)14-10-12(2)18-16(13(14)3)20(4,5)8-9-27-18;1-2/h10-11H,7-9H2,1-6H3;. The fourth-order valence-electron chi connectivity index (χ4n) is 3.79. The summed E-state index contributed by atoms with van der Waals surface area (Å²) in [5, 5.41) is 4.14. The number of ketones is 1. The fraction of sp³-hybridized carbons (Fsp3) is 0.500. The Morgan fingerprint density at radius 3 is 2.47 bits per heavy atom. The normalized spacial score (nSPS) is 15.0. The zero-order valence-electron chi connectivity index (χ0n) is 17.9. The summed E-state index contributed by atoms with van der Waals surface area (Å²) in [4.78, 5) is 28.7. The molecule has 1 aliphatic rings. The first-order valence-corrected chi connectivity index (χ1v) is 12.2. The van der Waals surface area contributed by atoms with Gasteiger partial charge in [-0.2, -0.15) is 13.5 Å². The van der Waals surface area contributed by atoms with Crippen LogP contribution in [0.3, 0.4) is 0 Å². The average molecular weight is 455 g/mol. The minimum atomic E-state index is -3.79. The molecule has 1 aromatic carbocycles. The third-order valence-corrected chi connectivity index (χ3v) is 6.87. The highest BCUT2D eigenvalue weighted by molar-refractivity contribution is 7.99. The smallest absolute Gasteiger partial charge is 0.307 e. The second-order valence-corrected chi connectivity index (χ2v) is 10.5. The van der Waals surface area contributed by atoms with Crippen LogP contribution < -0.4 is 4.18 Å². The Kier molecular flexibility index (Phi) is 7.13. The Morgan fingerprint density at radius 2 is 1.90 bits per heavy atom. The number of hydrogen-bond donors (Lipinski definition) is 0. The summed E-state index contributed by atoms with van der Waals surface area (Å²) >= 11 is 1.84. The predicted octanol–water partition coefficient (Wildman–Crippen LogP) is 3.93. The lowest BCUT2D eigenvalue weighted by atomic mass is 9.77. The van der Waals surface area contributed by atoms with E-state index < -0.39 is 10.1 Å². The molecule has 30 heavy (non-hydrogen) atoms. The second-order valence-electron chi connectivity index (χ2n) is 7.85. The van der Waals surface area contributed by atoms with E-state index in [1.165, 1.54) is 21.3 Å². The van der Waals surface area contributed by atoms with Gasteiger partial charge in [0, 0.05) is 26.9 Å². The van der Waals surface area contributed by atoms with Gasteiger partial charge in [0.1, 0.15) is 5.56 Å². The van der Waals surface area contributed by atoms with Gasteiger partial charge in [-0.25, -0.2) is 4.68 Å². The van der Waals surface area contributed by atoms with Crippen LogP contribution in [0.2, 0.25) is 0 Å². The zero-order chi connectivity index (χ0) is 22.9. The summed E-state index contributed by atoms with van der Waals surface area (Å²) < 4.78 is 29.9. The number of benzene rings is 1. The summed E-state index contributed by atoms with van der Waals surface area (Å²) in [5.74, 6) is 0.759. The van der Waals surface area contributed by atoms with Crippen molar-refractivity contribution in [3.05, 3.63) is 50.0 Å². The number of nitrogens with zero attached hydrogens (tertiary/aromatic N) is 2. The molecule has 1 aliphatic heterocycles. The van der Waals surface area contributed by atoms with E-state index in [0.29, 0.717) is 12.1 Å². The molecule has 10 heteroatoms. The number of fused-ring (bicyclic) bond motifs is 1. The molecular weight excluding hydrogens is 428 g/mol. The largest absolute Gasteiger partial charge is 0.361 e. The van der Waals surface area contributed by atoms with Gasteiger partial charge >= 0.3 is 10.1 Å². The van der Waals surface area contributed by atoms with Crippen LogP contribution in [0.15, 0.2) is 17.2 Å². The highest BCUT2D eigenvalue weighted by Crippen LogP contribution is 2.46. The summed E-state index contributed by atoms with van der Waals surface area (Å²) in [5.41, 5.74) is 3.93. The van der Waals surface area contributed by atoms with E-state index in [0.717, 1.165) is 29.6 Å². The van der Waals surface area contributed by atoms with Crippen LogP contribution in [0, 0.1) is 23.8 Å². The molecule has 8 nitrogen and oxygen atoms in total. The summed E-state index contributed by atoms with van der Waals surface area (Å²) in [6.45, 7) is 10.6. The first-order valence-electron chi connectivity index (χ1n) is 9.40. The van der Waals surface area contributed by atoms with E-state index in [1.54, 1.807) is 0 Å². The van der Waals surface area contributed by atoms with Crippen LogP contribution in [0.25, 0.3) is 0 Å². The van der Waals surface area contributed by atoms with Crippen LogP contribution in [0.4, 0.5) is 0 Å². The molecule has 0 fully saturated rings. The van der Waals surface area contributed by atoms with Gasteiger partial charge in [-0.05, 0) is 61.1 Å². The van der Waals surface area contributed by atoms with Crippen molar-refractivity contribution in [3.8, 4) is 5.88 Å². The third-order valence-electron chi connectivity index (χ3n) is 5.19. The molecule has 0 aliphatic carbocycles. The topological polar surface area (TPSA) is 112 Å². The molecule has 0 spiro atoms. The Hall–Kier alpha value is -2.20. The second kappa shape index (κ2) is 8.89. The van der Waals surface area contributed by atoms with Crippen molar-refractivity contribution in [2.45, 2.75) is 57.9 Å². The highest BCUT2D eigenvalue weighted by atomic mass is 32.2. The molecule has 2 aromatic rings. The maximum absolute atomic E-state index is 13.4. The van der Waals surface area contributed by atoms with E-state index in [-0.39, 0.29) is 22.6 Å². The number of hydrogen-bond acceptors (Lipinski definition) is 8. The Morgan fingerprint density at radius 1 is 1.27 bits per heavy atom. The van der Waals surface area contributed by atoms with Gasteiger partial charge in [-0.3, -0.25) is 4.79 Å². The lowest BCUT2D eigenvalue weighted by Gasteiger charge is -2.35. The molecule has 0 bridgehead atoms. The number of thioether (sulfide) groups is 1. The molecule has 0 N–H and O–H groups in total. The Bertz CT molecular complexity index is 1070. The fourth-order valence-corrected chi connectivity index (χ4v) is 5.93. The highest BCUT2D eigenvalue weighted by Gasteiger charge is 2.33. The molecule has 0 saturated carbocycles. The number of aromatic nitrogens is 2. The van der Waals surface area contributed by atoms with Gasteiger partial charge in [-0.1, -0.05) is 13.8 Å². The van der Waals surface area contributed by atoms with Crippen LogP contribution in [0.1, 0.15) is 59.8 Å². The van der Waals surface area contributed by atoms with Crippen LogP contribution >= 0.6 is 11.8 Å². The van der Waals surface area contributed by atoms with E-state index in [4.69, 9.17) is 14.1 Å². The summed E-state index contributed by atoms with van der Waals surface area (Å²) in [6, 6.07) is 1.90. The predicted molar refractivity (Wildman–Crippen MR) is 118 cm³/mol. The van der Waals surface area contributed by atoms with E-state index in [2.05, 4.69) is 18.9 Å². The van der Waals surface area contributed by atoms with E-state index >= 15 is 0 Å². The molecule has 0 radical (unpaired) electrons. The van der Waals surface area contributed by atoms with Crippen molar-refractivity contribution in [2.75, 3.05) is 12.0 Å². The van der Waals surface area contributed by atoms with Gasteiger partial charge in [0.2, 0.25) is 5.88 Å². The maximum Gasteiger partial charge on any atom is 0.307 e. The molecule has 0 unspecified atom stereocenters. The van der Waals surface area contributed by atoms with Crippen molar-refractivity contribution in [2.24, 2.45) is 0 Å². The number of aryl methyl sites for hydroxylation is 2. The minimum absolute atomic E-state index is 0.0224. The first-order chi connectivity index (χ1) is 14.0. The number of rotatable bonds is 5. The van der Waals surface area contributed by atoms with Crippen LogP contribution in [0.5, 0.6) is 5.88 Å².